The van der Waals surface area contributed by atoms with Gasteiger partial charge in [-0.2, -0.15) is 0 Å². The van der Waals surface area contributed by atoms with Crippen LogP contribution in [-0.2, 0) is 0 Å². The summed E-state index contributed by atoms with van der Waals surface area (Å²) in [5.41, 5.74) is 0. The fourth-order valence-electron chi connectivity index (χ4n) is 5.37. The summed E-state index contributed by atoms with van der Waals surface area (Å²) in [7, 11) is 0. The first-order valence-electron chi connectivity index (χ1n) is 8.84. The summed E-state index contributed by atoms with van der Waals surface area (Å²) in [6.07, 6.45) is 7.07. The van der Waals surface area contributed by atoms with E-state index in [4.69, 9.17) is 0 Å². The van der Waals surface area contributed by atoms with Crippen molar-refractivity contribution in [1.29, 1.82) is 0 Å². The summed E-state index contributed by atoms with van der Waals surface area (Å²) >= 11 is 0. The van der Waals surface area contributed by atoms with Crippen molar-refractivity contribution in [1.82, 2.24) is 0 Å². The predicted octanol–water partition coefficient (Wildman–Crippen LogP) is 3.09. The molecule has 3 rings (SSSR count). The third-order valence-electron chi connectivity index (χ3n) is 6.73. The molecule has 0 aliphatic heterocycles. The van der Waals surface area contributed by atoms with Crippen molar-refractivity contribution in [2.24, 2.45) is 35.5 Å². The summed E-state index contributed by atoms with van der Waals surface area (Å²) in [6.45, 7) is 4.24. The van der Waals surface area contributed by atoms with Crippen LogP contribution in [0.3, 0.4) is 0 Å². The minimum absolute atomic E-state index is 0. The van der Waals surface area contributed by atoms with E-state index in [1.54, 1.807) is 0 Å². The van der Waals surface area contributed by atoms with E-state index >= 15 is 0 Å². The van der Waals surface area contributed by atoms with Gasteiger partial charge in [-0.3, -0.25) is 0 Å². The van der Waals surface area contributed by atoms with Gasteiger partial charge in [0.2, 0.25) is 0 Å². The highest BCUT2D eigenvalue weighted by Crippen LogP contribution is 2.49. The van der Waals surface area contributed by atoms with Crippen LogP contribution in [0, 0.1) is 35.5 Å². The molecule has 3 fully saturated rings. The van der Waals surface area contributed by atoms with Crippen LogP contribution >= 0.6 is 0 Å². The van der Waals surface area contributed by atoms with Crippen LogP contribution in [0.5, 0.6) is 0 Å². The lowest BCUT2D eigenvalue weighted by molar-refractivity contribution is -0.0214. The smallest absolute Gasteiger partial charge is 0.134 e. The number of hydrogen-bond donors (Lipinski definition) is 0. The Balaban J connectivity index is 0.00000161. The lowest BCUT2D eigenvalue weighted by atomic mass is 9.61. The van der Waals surface area contributed by atoms with E-state index in [1.165, 1.54) is 32.1 Å². The molecular formula is C18H36F2O3. The molecule has 0 radical (unpaired) electrons. The van der Waals surface area contributed by atoms with Crippen LogP contribution < -0.4 is 0 Å². The Morgan fingerprint density at radius 3 is 1.87 bits per heavy atom. The molecular weight excluding hydrogens is 302 g/mol. The first-order chi connectivity index (χ1) is 9.56. The summed E-state index contributed by atoms with van der Waals surface area (Å²) in [4.78, 5) is 0. The molecule has 0 bridgehead atoms. The van der Waals surface area contributed by atoms with Gasteiger partial charge in [-0.15, -0.1) is 0 Å². The van der Waals surface area contributed by atoms with Gasteiger partial charge >= 0.3 is 0 Å². The molecule has 8 unspecified atom stereocenters. The number of halogens is 2. The molecule has 5 heteroatoms. The van der Waals surface area contributed by atoms with Crippen molar-refractivity contribution < 1.29 is 25.2 Å². The molecule has 3 aliphatic rings. The maximum Gasteiger partial charge on any atom is 0.134 e. The largest absolute Gasteiger partial charge is 0.412 e. The molecule has 0 spiro atoms. The van der Waals surface area contributed by atoms with Gasteiger partial charge in [-0.25, -0.2) is 8.78 Å². The van der Waals surface area contributed by atoms with E-state index in [0.717, 1.165) is 37.0 Å². The van der Waals surface area contributed by atoms with Gasteiger partial charge in [0, 0.05) is 0 Å². The molecule has 3 nitrogen and oxygen atoms in total. The lowest BCUT2D eigenvalue weighted by Crippen LogP contribution is -2.43. The maximum absolute atomic E-state index is 14.4. The number of alkyl halides is 2. The standard InChI is InChI=1S/C18H30F2.3H2O/c1-11-3-5-14-10-15(7-6-13(14)9-11)16-8-4-12(2)17(19)18(16)20;;;/h11-18H,3-10H2,1-2H3;3*1H2. The van der Waals surface area contributed by atoms with Gasteiger partial charge in [0.1, 0.15) is 12.3 Å². The van der Waals surface area contributed by atoms with Gasteiger partial charge in [-0.05, 0) is 80.5 Å². The van der Waals surface area contributed by atoms with E-state index in [9.17, 15) is 8.78 Å². The zero-order valence-corrected chi connectivity index (χ0v) is 14.5. The van der Waals surface area contributed by atoms with Gasteiger partial charge in [0.05, 0.1) is 0 Å². The van der Waals surface area contributed by atoms with Gasteiger partial charge in [-0.1, -0.05) is 20.3 Å². The molecule has 0 heterocycles. The topological polar surface area (TPSA) is 94.5 Å². The second kappa shape index (κ2) is 9.28. The number of rotatable bonds is 1. The second-order valence-corrected chi connectivity index (χ2v) is 8.12. The molecule has 6 N–H and O–H groups in total. The quantitative estimate of drug-likeness (QED) is 0.702. The third kappa shape index (κ3) is 4.64. The minimum Gasteiger partial charge on any atom is -0.412 e. The van der Waals surface area contributed by atoms with Gasteiger partial charge < -0.3 is 16.4 Å². The molecule has 3 aliphatic carbocycles. The summed E-state index contributed by atoms with van der Waals surface area (Å²) in [6, 6.07) is 0. The van der Waals surface area contributed by atoms with E-state index < -0.39 is 12.3 Å². The average Bonchev–Trinajstić information content (AvgIpc) is 2.44. The van der Waals surface area contributed by atoms with E-state index in [2.05, 4.69) is 6.92 Å². The van der Waals surface area contributed by atoms with E-state index in [1.807, 2.05) is 6.92 Å². The van der Waals surface area contributed by atoms with Crippen LogP contribution in [0.15, 0.2) is 0 Å². The van der Waals surface area contributed by atoms with Crippen molar-refractivity contribution in [3.63, 3.8) is 0 Å². The van der Waals surface area contributed by atoms with Crippen molar-refractivity contribution in [3.05, 3.63) is 0 Å². The zero-order chi connectivity index (χ0) is 14.3. The molecule has 0 amide bonds. The summed E-state index contributed by atoms with van der Waals surface area (Å²) in [5.74, 6) is 2.99. The molecule has 0 aromatic rings. The Labute approximate surface area is 139 Å². The van der Waals surface area contributed by atoms with Gasteiger partial charge in [0.15, 0.2) is 0 Å². The van der Waals surface area contributed by atoms with E-state index in [-0.39, 0.29) is 28.3 Å². The molecule has 23 heavy (non-hydrogen) atoms. The molecule has 0 aromatic heterocycles. The molecule has 0 aromatic carbocycles. The highest BCUT2D eigenvalue weighted by Gasteiger charge is 2.44. The fourth-order valence-corrected chi connectivity index (χ4v) is 5.37. The van der Waals surface area contributed by atoms with Crippen LogP contribution in [0.25, 0.3) is 0 Å². The molecule has 140 valence electrons. The highest BCUT2D eigenvalue weighted by molar-refractivity contribution is 4.94. The Bertz CT molecular complexity index is 342. The predicted molar refractivity (Wildman–Crippen MR) is 89.9 cm³/mol. The van der Waals surface area contributed by atoms with Crippen molar-refractivity contribution in [2.75, 3.05) is 0 Å². The van der Waals surface area contributed by atoms with Crippen LogP contribution in [0.1, 0.15) is 65.2 Å². The summed E-state index contributed by atoms with van der Waals surface area (Å²) in [5, 5.41) is 0. The Morgan fingerprint density at radius 2 is 1.17 bits per heavy atom. The summed E-state index contributed by atoms with van der Waals surface area (Å²) < 4.78 is 28.4. The number of hydrogen-bond acceptors (Lipinski definition) is 0. The Kier molecular flexibility index (Phi) is 9.18. The first kappa shape index (κ1) is 22.7. The van der Waals surface area contributed by atoms with Crippen molar-refractivity contribution in [3.8, 4) is 0 Å². The monoisotopic (exact) mass is 338 g/mol. The number of fused-ring (bicyclic) bond motifs is 1. The fraction of sp³-hybridized carbons (Fsp3) is 1.00. The molecule has 3 saturated carbocycles. The van der Waals surface area contributed by atoms with Crippen LogP contribution in [0.4, 0.5) is 8.78 Å². The SMILES string of the molecule is CC1CCC2CC(C3CCC(C)C(F)C3F)CCC2C1.O.O.O. The van der Waals surface area contributed by atoms with E-state index in [0.29, 0.717) is 5.92 Å². The molecule has 8 atom stereocenters. The van der Waals surface area contributed by atoms with Crippen LogP contribution in [-0.4, -0.2) is 28.8 Å². The van der Waals surface area contributed by atoms with Gasteiger partial charge in [0.25, 0.3) is 0 Å². The second-order valence-electron chi connectivity index (χ2n) is 8.12. The normalized spacial score (nSPS) is 46.4. The molecule has 0 saturated heterocycles. The average molecular weight is 338 g/mol. The highest BCUT2D eigenvalue weighted by atomic mass is 19.2. The first-order valence-corrected chi connectivity index (χ1v) is 8.84. The maximum atomic E-state index is 14.4. The zero-order valence-electron chi connectivity index (χ0n) is 14.5. The Hall–Kier alpha value is -0.260. The van der Waals surface area contributed by atoms with Crippen molar-refractivity contribution in [2.45, 2.75) is 77.6 Å². The lowest BCUT2D eigenvalue weighted by Gasteiger charge is -2.46. The Morgan fingerprint density at radius 1 is 0.609 bits per heavy atom. The van der Waals surface area contributed by atoms with Crippen molar-refractivity contribution >= 4 is 0 Å². The minimum atomic E-state index is -1.21. The third-order valence-corrected chi connectivity index (χ3v) is 6.73. The van der Waals surface area contributed by atoms with Crippen LogP contribution in [0.2, 0.25) is 0 Å².